The number of hydrogen-bond acceptors (Lipinski definition) is 19. The zero-order chi connectivity index (χ0) is 33.6. The van der Waals surface area contributed by atoms with Gasteiger partial charge in [-0.2, -0.15) is 0 Å². The summed E-state index contributed by atoms with van der Waals surface area (Å²) in [6.07, 6.45) is -23.9. The molecule has 19 nitrogen and oxygen atoms in total. The van der Waals surface area contributed by atoms with Crippen molar-refractivity contribution in [3.63, 3.8) is 0 Å². The van der Waals surface area contributed by atoms with Crippen LogP contribution in [0.2, 0.25) is 0 Å². The van der Waals surface area contributed by atoms with Crippen LogP contribution in [0.25, 0.3) is 0 Å². The molecule has 18 atom stereocenters. The third-order valence-corrected chi connectivity index (χ3v) is 9.12. The number of nitrogens with one attached hydrogen (secondary N) is 1. The number of aliphatic hydroxyl groups excluding tert-OH is 13. The Hall–Kier alpha value is -1.31. The minimum atomic E-state index is -2.10. The summed E-state index contributed by atoms with van der Waals surface area (Å²) in [5, 5.41) is 136. The highest BCUT2D eigenvalue weighted by atomic mass is 16.8. The fraction of sp³-hybridized carbons (Fsp3) is 0.885. The number of aldehydes is 1. The molecular formula is C26H43NO18. The fourth-order valence-corrected chi connectivity index (χ4v) is 6.23. The Kier molecular flexibility index (Phi) is 11.4. The van der Waals surface area contributed by atoms with E-state index in [0.717, 1.165) is 0 Å². The Balaban J connectivity index is 1.48. The van der Waals surface area contributed by atoms with Crippen LogP contribution in [0.5, 0.6) is 0 Å². The van der Waals surface area contributed by atoms with Gasteiger partial charge in [-0.05, 0) is 12.5 Å². The fourth-order valence-electron chi connectivity index (χ4n) is 6.23. The number of ether oxygens (including phenoxy) is 4. The van der Waals surface area contributed by atoms with Gasteiger partial charge >= 0.3 is 0 Å². The molecule has 0 aromatic carbocycles. The molecule has 3 fully saturated rings. The van der Waals surface area contributed by atoms with Gasteiger partial charge in [0.2, 0.25) is 0 Å². The van der Waals surface area contributed by atoms with Crippen LogP contribution >= 0.6 is 0 Å². The molecule has 0 aromatic heterocycles. The molecule has 0 unspecified atom stereocenters. The number of aliphatic hydroxyl groups is 13. The first-order chi connectivity index (χ1) is 21.1. The summed E-state index contributed by atoms with van der Waals surface area (Å²) >= 11 is 0. The normalized spacial score (nSPS) is 47.6. The Morgan fingerprint density at radius 2 is 1.64 bits per heavy atom. The molecular weight excluding hydrogens is 614 g/mol. The highest BCUT2D eigenvalue weighted by Crippen LogP contribution is 2.61. The van der Waals surface area contributed by atoms with E-state index in [1.165, 1.54) is 13.0 Å². The Labute approximate surface area is 256 Å². The minimum absolute atomic E-state index is 0.0119. The Morgan fingerprint density at radius 3 is 2.22 bits per heavy atom. The van der Waals surface area contributed by atoms with Crippen LogP contribution in [-0.4, -0.2) is 202 Å². The van der Waals surface area contributed by atoms with Gasteiger partial charge < -0.3 is 95.4 Å². The van der Waals surface area contributed by atoms with E-state index < -0.39 is 129 Å². The van der Waals surface area contributed by atoms with Crippen LogP contribution in [0, 0.1) is 0 Å². The third kappa shape index (κ3) is 6.45. The maximum absolute atomic E-state index is 11.1. The SMILES string of the molecule is C[C@H]1O[C@H](O[C@]23C[C@]2(CO)O[C@H](O[C@@H]([C@H](O)[C@@H](O)C=O)[C@H](O)CO)[C@H](O)[C@H]3O)[C@H](O)[C@@H](O)[C@@H]1N[C@H]1C=C(CO)[C@@H](O)[C@H](O)[C@H]1O. The maximum Gasteiger partial charge on any atom is 0.187 e. The van der Waals surface area contributed by atoms with E-state index in [-0.39, 0.29) is 18.3 Å². The second-order valence-corrected chi connectivity index (χ2v) is 12.0. The lowest BCUT2D eigenvalue weighted by atomic mass is 9.86. The van der Waals surface area contributed by atoms with Crippen LogP contribution in [0.4, 0.5) is 0 Å². The number of fused-ring (bicyclic) bond motifs is 1. The quantitative estimate of drug-likeness (QED) is 0.0645. The van der Waals surface area contributed by atoms with Crippen molar-refractivity contribution in [3.8, 4) is 0 Å². The molecule has 4 aliphatic rings. The van der Waals surface area contributed by atoms with Gasteiger partial charge in [0.05, 0.1) is 38.0 Å². The standard InChI is InChI=1S/C26H43NO18/c1-8-13(27-10-2-9(3-28)14(34)18(38)15(10)35)17(37)19(39)23(42-8)45-26-6-25(26,7-31)44-24(20(40)22(26)41)43-21(12(33)5-30)16(36)11(32)4-29/h2,4,8,10-24,27-28,30-41H,3,5-7H2,1H3/t8-,10+,11+,12-,13-,14-,15+,16-,17+,18+,19-,20-,21-,22-,23-,24+,25-,26+/m1/s1. The lowest BCUT2D eigenvalue weighted by Gasteiger charge is -2.48. The van der Waals surface area contributed by atoms with Gasteiger partial charge in [0.15, 0.2) is 18.9 Å². The summed E-state index contributed by atoms with van der Waals surface area (Å²) in [4.78, 5) is 10.9. The third-order valence-electron chi connectivity index (χ3n) is 9.12. The van der Waals surface area contributed by atoms with E-state index in [4.69, 9.17) is 18.9 Å². The van der Waals surface area contributed by atoms with Crippen molar-refractivity contribution in [2.45, 2.75) is 122 Å². The molecule has 2 aliphatic heterocycles. The molecule has 19 heteroatoms. The van der Waals surface area contributed by atoms with Crippen molar-refractivity contribution in [1.82, 2.24) is 5.32 Å². The molecule has 0 bridgehead atoms. The van der Waals surface area contributed by atoms with Crippen LogP contribution in [-0.2, 0) is 23.7 Å². The zero-order valence-corrected chi connectivity index (χ0v) is 24.1. The molecule has 1 saturated carbocycles. The summed E-state index contributed by atoms with van der Waals surface area (Å²) in [7, 11) is 0. The first kappa shape index (κ1) is 36.5. The van der Waals surface area contributed by atoms with Crippen LogP contribution in [0.15, 0.2) is 11.6 Å². The average molecular weight is 658 g/mol. The average Bonchev–Trinajstić information content (AvgIpc) is 3.69. The summed E-state index contributed by atoms with van der Waals surface area (Å²) in [5.41, 5.74) is -3.75. The second-order valence-electron chi connectivity index (χ2n) is 12.0. The molecule has 0 radical (unpaired) electrons. The first-order valence-electron chi connectivity index (χ1n) is 14.3. The number of carbonyl (C=O) groups is 1. The van der Waals surface area contributed by atoms with Crippen LogP contribution < -0.4 is 5.32 Å². The summed E-state index contributed by atoms with van der Waals surface area (Å²) in [5.74, 6) is 0. The summed E-state index contributed by atoms with van der Waals surface area (Å²) in [6.45, 7) is -1.03. The first-order valence-corrected chi connectivity index (χ1v) is 14.3. The maximum atomic E-state index is 11.1. The van der Waals surface area contributed by atoms with E-state index in [1.807, 2.05) is 0 Å². The highest BCUT2D eigenvalue weighted by Gasteiger charge is 2.80. The predicted molar refractivity (Wildman–Crippen MR) is 141 cm³/mol. The lowest BCUT2D eigenvalue weighted by molar-refractivity contribution is -0.361. The second kappa shape index (κ2) is 14.0. The monoisotopic (exact) mass is 657 g/mol. The van der Waals surface area contributed by atoms with Crippen molar-refractivity contribution in [3.05, 3.63) is 11.6 Å². The summed E-state index contributed by atoms with van der Waals surface area (Å²) in [6, 6.07) is -2.21. The van der Waals surface area contributed by atoms with Gasteiger partial charge in [0.25, 0.3) is 0 Å². The van der Waals surface area contributed by atoms with E-state index in [2.05, 4.69) is 5.32 Å². The van der Waals surface area contributed by atoms with Gasteiger partial charge in [-0.15, -0.1) is 0 Å². The molecule has 2 saturated heterocycles. The van der Waals surface area contributed by atoms with Crippen molar-refractivity contribution >= 4 is 6.29 Å². The predicted octanol–water partition coefficient (Wildman–Crippen LogP) is -8.58. The van der Waals surface area contributed by atoms with E-state index in [1.54, 1.807) is 0 Å². The molecule has 4 rings (SSSR count). The largest absolute Gasteiger partial charge is 0.394 e. The van der Waals surface area contributed by atoms with E-state index >= 15 is 0 Å². The number of hydrogen-bond donors (Lipinski definition) is 14. The molecule has 260 valence electrons. The Bertz CT molecular complexity index is 1050. The van der Waals surface area contributed by atoms with Crippen LogP contribution in [0.3, 0.4) is 0 Å². The van der Waals surface area contributed by atoms with Gasteiger partial charge in [0.1, 0.15) is 78.3 Å². The molecule has 0 aromatic rings. The van der Waals surface area contributed by atoms with Gasteiger partial charge in [-0.1, -0.05) is 6.08 Å². The van der Waals surface area contributed by atoms with Gasteiger partial charge in [-0.25, -0.2) is 0 Å². The number of carbonyl (C=O) groups excluding carboxylic acids is 1. The molecule has 0 amide bonds. The topological polar surface area (TPSA) is 329 Å². The number of rotatable bonds is 13. The van der Waals surface area contributed by atoms with E-state index in [9.17, 15) is 71.2 Å². The molecule has 2 heterocycles. The van der Waals surface area contributed by atoms with Crippen molar-refractivity contribution in [2.75, 3.05) is 19.8 Å². The summed E-state index contributed by atoms with van der Waals surface area (Å²) < 4.78 is 22.7. The van der Waals surface area contributed by atoms with Gasteiger partial charge in [0, 0.05) is 6.42 Å². The molecule has 45 heavy (non-hydrogen) atoms. The smallest absolute Gasteiger partial charge is 0.187 e. The lowest BCUT2D eigenvalue weighted by Crippen LogP contribution is -2.68. The zero-order valence-electron chi connectivity index (χ0n) is 24.1. The van der Waals surface area contributed by atoms with Crippen molar-refractivity contribution < 1.29 is 90.1 Å². The molecule has 14 N–H and O–H groups in total. The Morgan fingerprint density at radius 1 is 0.978 bits per heavy atom. The van der Waals surface area contributed by atoms with Crippen molar-refractivity contribution in [1.29, 1.82) is 0 Å². The van der Waals surface area contributed by atoms with Crippen molar-refractivity contribution in [2.24, 2.45) is 0 Å². The highest BCUT2D eigenvalue weighted by molar-refractivity contribution is 5.56. The molecule has 0 spiro atoms. The minimum Gasteiger partial charge on any atom is -0.394 e. The van der Waals surface area contributed by atoms with Crippen LogP contribution in [0.1, 0.15) is 13.3 Å². The van der Waals surface area contributed by atoms with E-state index in [0.29, 0.717) is 0 Å². The van der Waals surface area contributed by atoms with Gasteiger partial charge in [-0.3, -0.25) is 0 Å². The molecule has 2 aliphatic carbocycles.